The van der Waals surface area contributed by atoms with Crippen molar-refractivity contribution in [3.63, 3.8) is 0 Å². The zero-order chi connectivity index (χ0) is 7.14. The van der Waals surface area contributed by atoms with Gasteiger partial charge in [-0.3, -0.25) is 4.79 Å². The van der Waals surface area contributed by atoms with Crippen LogP contribution in [0.2, 0.25) is 0 Å². The van der Waals surface area contributed by atoms with Crippen molar-refractivity contribution in [1.82, 2.24) is 5.32 Å². The van der Waals surface area contributed by atoms with E-state index in [9.17, 15) is 4.79 Å². The summed E-state index contributed by atoms with van der Waals surface area (Å²) in [6.07, 6.45) is 5.35. The van der Waals surface area contributed by atoms with E-state index in [0.717, 1.165) is 5.03 Å². The molecule has 0 saturated carbocycles. The second-order valence-electron chi connectivity index (χ2n) is 2.47. The fourth-order valence-electron chi connectivity index (χ4n) is 1.18. The van der Waals surface area contributed by atoms with Crippen LogP contribution in [0.3, 0.4) is 0 Å². The van der Waals surface area contributed by atoms with Crippen molar-refractivity contribution in [3.05, 3.63) is 23.3 Å². The van der Waals surface area contributed by atoms with Crippen LogP contribution in [0.1, 0.15) is 0 Å². The summed E-state index contributed by atoms with van der Waals surface area (Å²) in [7, 11) is 0. The van der Waals surface area contributed by atoms with E-state index in [4.69, 9.17) is 11.6 Å². The lowest BCUT2D eigenvalue weighted by molar-refractivity contribution is -0.117. The number of halogens is 1. The Kier molecular flexibility index (Phi) is 1.11. The molecule has 0 aromatic carbocycles. The molecule has 0 saturated heterocycles. The van der Waals surface area contributed by atoms with Gasteiger partial charge in [0.15, 0.2) is 0 Å². The fourth-order valence-corrected chi connectivity index (χ4v) is 1.53. The van der Waals surface area contributed by atoms with Crippen LogP contribution < -0.4 is 5.32 Å². The number of hydrogen-bond donors (Lipinski definition) is 1. The van der Waals surface area contributed by atoms with E-state index >= 15 is 0 Å². The zero-order valence-corrected chi connectivity index (χ0v) is 5.93. The highest BCUT2D eigenvalue weighted by Crippen LogP contribution is 2.32. The summed E-state index contributed by atoms with van der Waals surface area (Å²) in [5, 5.41) is 3.49. The maximum absolute atomic E-state index is 10.7. The minimum atomic E-state index is -0.0486. The maximum Gasteiger partial charge on any atom is 0.244 e. The summed E-state index contributed by atoms with van der Waals surface area (Å²) in [4.78, 5) is 10.7. The second kappa shape index (κ2) is 1.86. The molecule has 0 bridgehead atoms. The molecule has 52 valence electrons. The van der Waals surface area contributed by atoms with Gasteiger partial charge in [-0.25, -0.2) is 0 Å². The van der Waals surface area contributed by atoms with Gasteiger partial charge in [-0.15, -0.1) is 0 Å². The van der Waals surface area contributed by atoms with Gasteiger partial charge in [0.25, 0.3) is 0 Å². The van der Waals surface area contributed by atoms with Crippen molar-refractivity contribution in [2.75, 3.05) is 0 Å². The monoisotopic (exact) mass is 155 g/mol. The first-order valence-corrected chi connectivity index (χ1v) is 3.51. The summed E-state index contributed by atoms with van der Waals surface area (Å²) in [5.41, 5.74) is 0. The van der Waals surface area contributed by atoms with E-state index in [-0.39, 0.29) is 11.9 Å². The average molecular weight is 156 g/mol. The number of hydrogen-bond acceptors (Lipinski definition) is 1. The lowest BCUT2D eigenvalue weighted by Gasteiger charge is -2.33. The van der Waals surface area contributed by atoms with E-state index in [2.05, 4.69) is 5.32 Å². The molecule has 0 aromatic heterocycles. The van der Waals surface area contributed by atoms with Crippen LogP contribution in [0.15, 0.2) is 23.3 Å². The van der Waals surface area contributed by atoms with Crippen LogP contribution >= 0.6 is 11.6 Å². The lowest BCUT2D eigenvalue weighted by Crippen LogP contribution is -2.46. The van der Waals surface area contributed by atoms with Crippen molar-refractivity contribution in [2.24, 2.45) is 5.92 Å². The molecular formula is C7H6ClNO. The highest BCUT2D eigenvalue weighted by Gasteiger charge is 2.32. The van der Waals surface area contributed by atoms with Gasteiger partial charge in [0, 0.05) is 11.0 Å². The zero-order valence-electron chi connectivity index (χ0n) is 5.17. The number of rotatable bonds is 0. The first-order valence-electron chi connectivity index (χ1n) is 3.13. The molecular weight excluding hydrogens is 150 g/mol. The number of carbonyl (C=O) groups is 1. The number of amides is 1. The molecule has 2 atom stereocenters. The quantitative estimate of drug-likeness (QED) is 0.551. The second-order valence-corrected chi connectivity index (χ2v) is 2.91. The molecule has 2 rings (SSSR count). The summed E-state index contributed by atoms with van der Waals surface area (Å²) >= 11 is 5.70. The van der Waals surface area contributed by atoms with Crippen LogP contribution in [-0.4, -0.2) is 11.9 Å². The molecule has 1 aliphatic heterocycles. The topological polar surface area (TPSA) is 29.1 Å². The summed E-state index contributed by atoms with van der Waals surface area (Å²) in [6, 6.07) is 0.0687. The summed E-state index contributed by atoms with van der Waals surface area (Å²) in [5.74, 6) is 0.290. The molecule has 0 radical (unpaired) electrons. The van der Waals surface area contributed by atoms with Crippen LogP contribution in [-0.2, 0) is 4.79 Å². The van der Waals surface area contributed by atoms with Crippen LogP contribution in [0.25, 0.3) is 0 Å². The molecule has 0 spiro atoms. The van der Waals surface area contributed by atoms with Crippen LogP contribution in [0, 0.1) is 5.92 Å². The van der Waals surface area contributed by atoms with Crippen molar-refractivity contribution < 1.29 is 4.79 Å². The van der Waals surface area contributed by atoms with Crippen molar-refractivity contribution in [2.45, 2.75) is 6.04 Å². The average Bonchev–Trinajstić information content (AvgIpc) is 1.92. The van der Waals surface area contributed by atoms with Gasteiger partial charge in [-0.1, -0.05) is 23.8 Å². The first kappa shape index (κ1) is 5.98. The minimum absolute atomic E-state index is 0.0486. The molecule has 0 fully saturated rings. The molecule has 1 amide bonds. The largest absolute Gasteiger partial charge is 0.344 e. The van der Waals surface area contributed by atoms with Crippen LogP contribution in [0.5, 0.6) is 0 Å². The first-order chi connectivity index (χ1) is 4.77. The van der Waals surface area contributed by atoms with Gasteiger partial charge in [0.1, 0.15) is 0 Å². The molecule has 1 N–H and O–H groups in total. The smallest absolute Gasteiger partial charge is 0.244 e. The van der Waals surface area contributed by atoms with Gasteiger partial charge in [-0.05, 0) is 6.08 Å². The number of fused-ring (bicyclic) bond motifs is 1. The Labute approximate surface area is 63.6 Å². The predicted octanol–water partition coefficient (Wildman–Crippen LogP) is 0.793. The lowest BCUT2D eigenvalue weighted by atomic mass is 9.86. The molecule has 2 unspecified atom stereocenters. The van der Waals surface area contributed by atoms with Crippen molar-refractivity contribution >= 4 is 17.5 Å². The predicted molar refractivity (Wildman–Crippen MR) is 38.5 cm³/mol. The van der Waals surface area contributed by atoms with Gasteiger partial charge >= 0.3 is 0 Å². The Bertz CT molecular complexity index is 244. The van der Waals surface area contributed by atoms with Gasteiger partial charge < -0.3 is 5.32 Å². The molecule has 10 heavy (non-hydrogen) atoms. The Morgan fingerprint density at radius 3 is 3.00 bits per heavy atom. The van der Waals surface area contributed by atoms with E-state index in [0.29, 0.717) is 5.92 Å². The van der Waals surface area contributed by atoms with E-state index in [1.54, 1.807) is 6.08 Å². The third-order valence-electron chi connectivity index (χ3n) is 1.80. The van der Waals surface area contributed by atoms with E-state index in [1.807, 2.05) is 12.2 Å². The number of carbonyl (C=O) groups excluding carboxylic acids is 1. The third kappa shape index (κ3) is 0.688. The minimum Gasteiger partial charge on any atom is -0.344 e. The molecule has 2 nitrogen and oxygen atoms in total. The van der Waals surface area contributed by atoms with Crippen LogP contribution in [0.4, 0.5) is 0 Å². The third-order valence-corrected chi connectivity index (χ3v) is 2.16. The summed E-state index contributed by atoms with van der Waals surface area (Å²) in [6.45, 7) is 0. The Morgan fingerprint density at radius 1 is 1.60 bits per heavy atom. The van der Waals surface area contributed by atoms with Gasteiger partial charge in [-0.2, -0.15) is 0 Å². The van der Waals surface area contributed by atoms with Gasteiger partial charge in [0.2, 0.25) is 5.91 Å². The number of nitrogens with one attached hydrogen (secondary N) is 1. The molecule has 0 aromatic rings. The SMILES string of the molecule is O=C1C=CC2C=C(Cl)C2N1. The van der Waals surface area contributed by atoms with Gasteiger partial charge in [0.05, 0.1) is 6.04 Å². The summed E-state index contributed by atoms with van der Waals surface area (Å²) < 4.78 is 0. The Hall–Kier alpha value is -0.760. The van der Waals surface area contributed by atoms with Crippen molar-refractivity contribution in [3.8, 4) is 0 Å². The molecule has 2 aliphatic rings. The fraction of sp³-hybridized carbons (Fsp3) is 0.286. The van der Waals surface area contributed by atoms with Crippen molar-refractivity contribution in [1.29, 1.82) is 0 Å². The van der Waals surface area contributed by atoms with E-state index < -0.39 is 0 Å². The Balaban J connectivity index is 2.25. The van der Waals surface area contributed by atoms with E-state index in [1.165, 1.54) is 0 Å². The molecule has 1 heterocycles. The molecule has 1 aliphatic carbocycles. The highest BCUT2D eigenvalue weighted by atomic mass is 35.5. The highest BCUT2D eigenvalue weighted by molar-refractivity contribution is 6.31. The molecule has 3 heteroatoms. The standard InChI is InChI=1S/C7H6ClNO/c8-5-3-4-1-2-6(10)9-7(4)5/h1-4,7H,(H,9,10). The maximum atomic E-state index is 10.7. The normalized spacial score (nSPS) is 35.7. The Morgan fingerprint density at radius 2 is 2.40 bits per heavy atom.